The van der Waals surface area contributed by atoms with Crippen molar-refractivity contribution in [3.05, 3.63) is 28.8 Å². The Morgan fingerprint density at radius 1 is 1.38 bits per heavy atom. The fraction of sp³-hybridized carbons (Fsp3) is 0.467. The Balaban J connectivity index is 2.08. The topological polar surface area (TPSA) is 84.2 Å². The van der Waals surface area contributed by atoms with Crippen LogP contribution in [0.25, 0.3) is 0 Å². The number of nitrogens with one attached hydrogen (secondary N) is 2. The standard InChI is InChI=1S/C15H20ClN3O2/c1-18-15(21)11-8-10(16)5-6-13(11)19-14(20)7-9-3-2-4-12(9)17/h5-6,8-9,12H,2-4,7,17H2,1H3,(H,18,21)(H,19,20)/t9-,12+/m0/s1. The van der Waals surface area contributed by atoms with Crippen molar-refractivity contribution in [2.45, 2.75) is 31.7 Å². The minimum absolute atomic E-state index is 0.0966. The molecule has 2 atom stereocenters. The summed E-state index contributed by atoms with van der Waals surface area (Å²) in [6, 6.07) is 4.92. The van der Waals surface area contributed by atoms with Crippen LogP contribution in [0, 0.1) is 5.92 Å². The molecule has 0 radical (unpaired) electrons. The molecule has 6 heteroatoms. The Hall–Kier alpha value is -1.59. The van der Waals surface area contributed by atoms with Crippen molar-refractivity contribution in [3.8, 4) is 0 Å². The zero-order valence-corrected chi connectivity index (χ0v) is 12.7. The first kappa shape index (κ1) is 15.8. The highest BCUT2D eigenvalue weighted by atomic mass is 35.5. The van der Waals surface area contributed by atoms with E-state index in [0.29, 0.717) is 22.7 Å². The van der Waals surface area contributed by atoms with E-state index in [1.165, 1.54) is 13.1 Å². The Labute approximate surface area is 129 Å². The van der Waals surface area contributed by atoms with Crippen LogP contribution >= 0.6 is 11.6 Å². The van der Waals surface area contributed by atoms with Crippen molar-refractivity contribution >= 4 is 29.1 Å². The van der Waals surface area contributed by atoms with Gasteiger partial charge in [-0.1, -0.05) is 18.0 Å². The summed E-state index contributed by atoms with van der Waals surface area (Å²) in [4.78, 5) is 24.0. The number of rotatable bonds is 4. The number of hydrogen-bond acceptors (Lipinski definition) is 3. The molecule has 21 heavy (non-hydrogen) atoms. The van der Waals surface area contributed by atoms with Crippen LogP contribution in [0.15, 0.2) is 18.2 Å². The lowest BCUT2D eigenvalue weighted by Gasteiger charge is -2.16. The van der Waals surface area contributed by atoms with Crippen molar-refractivity contribution in [2.24, 2.45) is 11.7 Å². The molecule has 1 aliphatic rings. The van der Waals surface area contributed by atoms with Crippen molar-refractivity contribution in [2.75, 3.05) is 12.4 Å². The molecule has 1 aromatic rings. The summed E-state index contributed by atoms with van der Waals surface area (Å²) in [5.41, 5.74) is 6.80. The van der Waals surface area contributed by atoms with Gasteiger partial charge in [-0.05, 0) is 37.0 Å². The van der Waals surface area contributed by atoms with Gasteiger partial charge in [-0.3, -0.25) is 9.59 Å². The number of benzene rings is 1. The monoisotopic (exact) mass is 309 g/mol. The molecule has 0 heterocycles. The van der Waals surface area contributed by atoms with Crippen LogP contribution in [0.2, 0.25) is 5.02 Å². The van der Waals surface area contributed by atoms with E-state index in [1.54, 1.807) is 12.1 Å². The van der Waals surface area contributed by atoms with Gasteiger partial charge in [-0.2, -0.15) is 0 Å². The van der Waals surface area contributed by atoms with E-state index in [2.05, 4.69) is 10.6 Å². The quantitative estimate of drug-likeness (QED) is 0.797. The average Bonchev–Trinajstić information content (AvgIpc) is 2.85. The highest BCUT2D eigenvalue weighted by Crippen LogP contribution is 2.28. The van der Waals surface area contributed by atoms with E-state index in [1.807, 2.05) is 0 Å². The number of carbonyl (C=O) groups excluding carboxylic acids is 2. The Bertz CT molecular complexity index is 548. The van der Waals surface area contributed by atoms with E-state index in [0.717, 1.165) is 19.3 Å². The van der Waals surface area contributed by atoms with E-state index >= 15 is 0 Å². The lowest BCUT2D eigenvalue weighted by Crippen LogP contribution is -2.29. The molecule has 1 aliphatic carbocycles. The third-order valence-corrected chi connectivity index (χ3v) is 4.13. The molecule has 0 bridgehead atoms. The first-order chi connectivity index (χ1) is 10.0. The van der Waals surface area contributed by atoms with Gasteiger partial charge in [-0.25, -0.2) is 0 Å². The summed E-state index contributed by atoms with van der Waals surface area (Å²) in [6.07, 6.45) is 3.42. The van der Waals surface area contributed by atoms with Crippen LogP contribution in [0.4, 0.5) is 5.69 Å². The largest absolute Gasteiger partial charge is 0.355 e. The maximum absolute atomic E-state index is 12.1. The Morgan fingerprint density at radius 2 is 2.14 bits per heavy atom. The maximum Gasteiger partial charge on any atom is 0.253 e. The van der Waals surface area contributed by atoms with E-state index in [4.69, 9.17) is 17.3 Å². The molecule has 2 amide bonds. The molecule has 0 saturated heterocycles. The van der Waals surface area contributed by atoms with Gasteiger partial charge in [0.15, 0.2) is 0 Å². The van der Waals surface area contributed by atoms with Crippen LogP contribution in [0.5, 0.6) is 0 Å². The molecular formula is C15H20ClN3O2. The van der Waals surface area contributed by atoms with Gasteiger partial charge in [0.2, 0.25) is 5.91 Å². The van der Waals surface area contributed by atoms with Gasteiger partial charge in [0.25, 0.3) is 5.91 Å². The zero-order valence-electron chi connectivity index (χ0n) is 12.0. The van der Waals surface area contributed by atoms with Crippen molar-refractivity contribution in [3.63, 3.8) is 0 Å². The Morgan fingerprint density at radius 3 is 2.76 bits per heavy atom. The first-order valence-electron chi connectivity index (χ1n) is 7.08. The molecule has 114 valence electrons. The van der Waals surface area contributed by atoms with E-state index in [9.17, 15) is 9.59 Å². The Kier molecular flexibility index (Phi) is 5.20. The molecular weight excluding hydrogens is 290 g/mol. The fourth-order valence-electron chi connectivity index (χ4n) is 2.71. The first-order valence-corrected chi connectivity index (χ1v) is 7.46. The molecule has 4 N–H and O–H groups in total. The summed E-state index contributed by atoms with van der Waals surface area (Å²) in [6.45, 7) is 0. The zero-order chi connectivity index (χ0) is 15.4. The van der Waals surface area contributed by atoms with Gasteiger partial charge in [-0.15, -0.1) is 0 Å². The predicted octanol–water partition coefficient (Wildman–Crippen LogP) is 2.16. The lowest BCUT2D eigenvalue weighted by molar-refractivity contribution is -0.117. The maximum atomic E-state index is 12.1. The van der Waals surface area contributed by atoms with Gasteiger partial charge in [0.05, 0.1) is 11.3 Å². The van der Waals surface area contributed by atoms with Gasteiger partial charge >= 0.3 is 0 Å². The van der Waals surface area contributed by atoms with Crippen LogP contribution in [0.3, 0.4) is 0 Å². The smallest absolute Gasteiger partial charge is 0.253 e. The third-order valence-electron chi connectivity index (χ3n) is 3.89. The number of nitrogens with two attached hydrogens (primary N) is 1. The normalized spacial score (nSPS) is 21.1. The van der Waals surface area contributed by atoms with Crippen molar-refractivity contribution < 1.29 is 9.59 Å². The van der Waals surface area contributed by atoms with Gasteiger partial charge < -0.3 is 16.4 Å². The lowest BCUT2D eigenvalue weighted by atomic mass is 9.99. The SMILES string of the molecule is CNC(=O)c1cc(Cl)ccc1NC(=O)C[C@@H]1CCC[C@H]1N. The van der Waals surface area contributed by atoms with Crippen LogP contribution in [0.1, 0.15) is 36.0 Å². The van der Waals surface area contributed by atoms with Gasteiger partial charge in [0.1, 0.15) is 0 Å². The molecule has 5 nitrogen and oxygen atoms in total. The number of halogens is 1. The molecule has 1 aromatic carbocycles. The van der Waals surface area contributed by atoms with Crippen LogP contribution < -0.4 is 16.4 Å². The average molecular weight is 310 g/mol. The number of hydrogen-bond donors (Lipinski definition) is 3. The number of anilines is 1. The minimum atomic E-state index is -0.287. The summed E-state index contributed by atoms with van der Waals surface area (Å²) in [5, 5.41) is 5.77. The van der Waals surface area contributed by atoms with Gasteiger partial charge in [0, 0.05) is 24.5 Å². The third kappa shape index (κ3) is 3.95. The van der Waals surface area contributed by atoms with Crippen LogP contribution in [-0.4, -0.2) is 24.9 Å². The second-order valence-electron chi connectivity index (χ2n) is 5.38. The van der Waals surface area contributed by atoms with Crippen molar-refractivity contribution in [1.29, 1.82) is 0 Å². The summed E-state index contributed by atoms with van der Waals surface area (Å²) in [7, 11) is 1.53. The number of carbonyl (C=O) groups is 2. The van der Waals surface area contributed by atoms with Crippen molar-refractivity contribution in [1.82, 2.24) is 5.32 Å². The molecule has 1 fully saturated rings. The fourth-order valence-corrected chi connectivity index (χ4v) is 2.88. The van der Waals surface area contributed by atoms with E-state index < -0.39 is 0 Å². The summed E-state index contributed by atoms with van der Waals surface area (Å²) in [5.74, 6) is -0.184. The highest BCUT2D eigenvalue weighted by molar-refractivity contribution is 6.31. The second-order valence-corrected chi connectivity index (χ2v) is 5.81. The minimum Gasteiger partial charge on any atom is -0.355 e. The van der Waals surface area contributed by atoms with Crippen LogP contribution in [-0.2, 0) is 4.79 Å². The summed E-state index contributed by atoms with van der Waals surface area (Å²) < 4.78 is 0. The second kappa shape index (κ2) is 6.91. The molecule has 0 spiro atoms. The molecule has 0 aromatic heterocycles. The molecule has 2 rings (SSSR count). The molecule has 0 unspecified atom stereocenters. The van der Waals surface area contributed by atoms with E-state index in [-0.39, 0.29) is 23.8 Å². The number of amides is 2. The molecule has 1 saturated carbocycles. The predicted molar refractivity (Wildman–Crippen MR) is 83.4 cm³/mol. The highest BCUT2D eigenvalue weighted by Gasteiger charge is 2.26. The summed E-state index contributed by atoms with van der Waals surface area (Å²) >= 11 is 5.90. The molecule has 0 aliphatic heterocycles.